The first-order chi connectivity index (χ1) is 13.7. The van der Waals surface area contributed by atoms with Crippen LogP contribution in [0.15, 0.2) is 36.5 Å². The molecule has 1 aromatic carbocycles. The van der Waals surface area contributed by atoms with Crippen LogP contribution in [0.25, 0.3) is 0 Å². The lowest BCUT2D eigenvalue weighted by atomic mass is 9.80. The highest BCUT2D eigenvalue weighted by molar-refractivity contribution is 5.79. The lowest BCUT2D eigenvalue weighted by molar-refractivity contribution is -0.129. The molecule has 1 saturated heterocycles. The first-order valence-corrected chi connectivity index (χ1v) is 10.2. The van der Waals surface area contributed by atoms with E-state index < -0.39 is 0 Å². The van der Waals surface area contributed by atoms with Crippen molar-refractivity contribution < 1.29 is 9.53 Å². The Labute approximate surface area is 165 Å². The van der Waals surface area contributed by atoms with Crippen LogP contribution in [0.1, 0.15) is 36.1 Å². The predicted molar refractivity (Wildman–Crippen MR) is 106 cm³/mol. The summed E-state index contributed by atoms with van der Waals surface area (Å²) in [4.78, 5) is 24.2. The highest BCUT2D eigenvalue weighted by Crippen LogP contribution is 2.39. The second kappa shape index (κ2) is 7.17. The third kappa shape index (κ3) is 3.49. The van der Waals surface area contributed by atoms with Crippen LogP contribution >= 0.6 is 0 Å². The number of hydrogen-bond acceptors (Lipinski definition) is 5. The average molecular weight is 378 g/mol. The maximum absolute atomic E-state index is 12.8. The molecular weight excluding hydrogens is 352 g/mol. The number of nitrogens with zero attached hydrogens (tertiary/aromatic N) is 3. The largest absolute Gasteiger partial charge is 0.376 e. The fraction of sp³-hybridized carbons (Fsp3) is 0.500. The van der Waals surface area contributed by atoms with E-state index in [0.29, 0.717) is 32.1 Å². The van der Waals surface area contributed by atoms with Crippen molar-refractivity contribution in [3.63, 3.8) is 0 Å². The van der Waals surface area contributed by atoms with Gasteiger partial charge in [-0.15, -0.1) is 0 Å². The summed E-state index contributed by atoms with van der Waals surface area (Å²) in [6.07, 6.45) is 5.83. The van der Waals surface area contributed by atoms with E-state index in [1.54, 1.807) is 0 Å². The molecule has 1 saturated carbocycles. The Hall–Kier alpha value is -2.47. The summed E-state index contributed by atoms with van der Waals surface area (Å²) in [5.74, 6) is 1.66. The van der Waals surface area contributed by atoms with Crippen molar-refractivity contribution in [1.82, 2.24) is 14.9 Å². The first kappa shape index (κ1) is 17.6. The van der Waals surface area contributed by atoms with Gasteiger partial charge in [0, 0.05) is 31.4 Å². The van der Waals surface area contributed by atoms with E-state index in [1.807, 2.05) is 41.4 Å². The van der Waals surface area contributed by atoms with Crippen molar-refractivity contribution in [1.29, 1.82) is 0 Å². The smallest absolute Gasteiger partial charge is 0.227 e. The second-order valence-electron chi connectivity index (χ2n) is 8.39. The summed E-state index contributed by atoms with van der Waals surface area (Å²) in [6, 6.07) is 9.95. The fourth-order valence-corrected chi connectivity index (χ4v) is 4.32. The lowest BCUT2D eigenvalue weighted by Crippen LogP contribution is -2.42. The van der Waals surface area contributed by atoms with Crippen molar-refractivity contribution in [2.24, 2.45) is 5.92 Å². The lowest BCUT2D eigenvalue weighted by Gasteiger charge is -2.34. The number of likely N-dealkylation sites (tertiary alicyclic amines) is 1. The number of nitrogens with one attached hydrogen (secondary N) is 1. The number of aromatic nitrogens is 2. The number of carbonyl (C=O) groups excluding carboxylic acids is 1. The molecule has 146 valence electrons. The summed E-state index contributed by atoms with van der Waals surface area (Å²) in [6.45, 7) is 3.55. The van der Waals surface area contributed by atoms with Crippen LogP contribution in [-0.4, -0.2) is 47.0 Å². The van der Waals surface area contributed by atoms with Crippen LogP contribution < -0.4 is 5.32 Å². The quantitative estimate of drug-likeness (QED) is 0.866. The molecule has 5 rings (SSSR count). The number of benzene rings is 1. The van der Waals surface area contributed by atoms with E-state index in [0.717, 1.165) is 42.2 Å². The molecule has 3 aliphatic rings. The molecule has 1 aliphatic carbocycles. The maximum atomic E-state index is 12.8. The molecule has 28 heavy (non-hydrogen) atoms. The zero-order valence-electron chi connectivity index (χ0n) is 16.1. The van der Waals surface area contributed by atoms with Crippen molar-refractivity contribution >= 4 is 11.9 Å². The highest BCUT2D eigenvalue weighted by atomic mass is 16.5. The number of amides is 1. The average Bonchev–Trinajstić information content (AvgIpc) is 3.46. The van der Waals surface area contributed by atoms with Gasteiger partial charge in [-0.25, -0.2) is 9.97 Å². The van der Waals surface area contributed by atoms with E-state index in [-0.39, 0.29) is 11.3 Å². The Morgan fingerprint density at radius 3 is 2.96 bits per heavy atom. The maximum Gasteiger partial charge on any atom is 0.227 e. The van der Waals surface area contributed by atoms with Crippen LogP contribution in [0, 0.1) is 5.92 Å². The normalized spacial score (nSPS) is 23.6. The predicted octanol–water partition coefficient (Wildman–Crippen LogP) is 2.54. The van der Waals surface area contributed by atoms with Gasteiger partial charge in [-0.1, -0.05) is 30.3 Å². The monoisotopic (exact) mass is 378 g/mol. The summed E-state index contributed by atoms with van der Waals surface area (Å²) in [5.41, 5.74) is 2.98. The van der Waals surface area contributed by atoms with Gasteiger partial charge < -0.3 is 15.0 Å². The fourth-order valence-electron chi connectivity index (χ4n) is 4.32. The summed E-state index contributed by atoms with van der Waals surface area (Å²) < 4.78 is 5.89. The molecule has 6 nitrogen and oxygen atoms in total. The summed E-state index contributed by atoms with van der Waals surface area (Å²) >= 11 is 0. The standard InChI is InChI=1S/C22H26N4O2/c27-19(10-16-4-2-1-3-5-16)26-9-8-22(14-26)15-28-13-18-12-24-21(25-20(18)22)23-11-17-6-7-17/h1-5,12,17H,6-11,13-15H2,(H,23,24,25)/t22-/m1/s1. The highest BCUT2D eigenvalue weighted by Gasteiger charge is 2.46. The van der Waals surface area contributed by atoms with Crippen LogP contribution in [0.4, 0.5) is 5.95 Å². The molecular formula is C22H26N4O2. The molecule has 0 radical (unpaired) electrons. The van der Waals surface area contributed by atoms with E-state index in [2.05, 4.69) is 10.3 Å². The van der Waals surface area contributed by atoms with Gasteiger partial charge in [0.2, 0.25) is 11.9 Å². The molecule has 1 N–H and O–H groups in total. The minimum atomic E-state index is -0.209. The Bertz CT molecular complexity index is 868. The van der Waals surface area contributed by atoms with Crippen LogP contribution in [0.5, 0.6) is 0 Å². The van der Waals surface area contributed by atoms with Gasteiger partial charge in [-0.05, 0) is 30.7 Å². The van der Waals surface area contributed by atoms with Crippen LogP contribution in [0.3, 0.4) is 0 Å². The van der Waals surface area contributed by atoms with Gasteiger partial charge in [0.15, 0.2) is 0 Å². The molecule has 1 atom stereocenters. The molecule has 6 heteroatoms. The molecule has 1 aromatic heterocycles. The Kier molecular flexibility index (Phi) is 4.51. The van der Waals surface area contributed by atoms with Crippen LogP contribution in [-0.2, 0) is 28.0 Å². The van der Waals surface area contributed by atoms with Gasteiger partial charge in [-0.3, -0.25) is 4.79 Å². The molecule has 0 bridgehead atoms. The topological polar surface area (TPSA) is 67.4 Å². The van der Waals surface area contributed by atoms with E-state index >= 15 is 0 Å². The Balaban J connectivity index is 1.33. The first-order valence-electron chi connectivity index (χ1n) is 10.2. The van der Waals surface area contributed by atoms with Crippen molar-refractivity contribution in [2.75, 3.05) is 31.6 Å². The number of fused-ring (bicyclic) bond motifs is 2. The van der Waals surface area contributed by atoms with Gasteiger partial charge >= 0.3 is 0 Å². The van der Waals surface area contributed by atoms with Gasteiger partial charge in [0.1, 0.15) is 0 Å². The van der Waals surface area contributed by atoms with Crippen molar-refractivity contribution in [3.8, 4) is 0 Å². The van der Waals surface area contributed by atoms with E-state index in [4.69, 9.17) is 9.72 Å². The number of rotatable bonds is 5. The molecule has 1 spiro atoms. The zero-order chi connectivity index (χ0) is 19.0. The Morgan fingerprint density at radius 2 is 2.14 bits per heavy atom. The molecule has 3 heterocycles. The minimum Gasteiger partial charge on any atom is -0.376 e. The molecule has 0 unspecified atom stereocenters. The van der Waals surface area contributed by atoms with E-state index in [9.17, 15) is 4.79 Å². The van der Waals surface area contributed by atoms with E-state index in [1.165, 1.54) is 12.8 Å². The van der Waals surface area contributed by atoms with Crippen molar-refractivity contribution in [2.45, 2.75) is 37.7 Å². The number of hydrogen-bond donors (Lipinski definition) is 1. The molecule has 2 aromatic rings. The van der Waals surface area contributed by atoms with Gasteiger partial charge in [0.05, 0.1) is 30.7 Å². The molecule has 2 aliphatic heterocycles. The van der Waals surface area contributed by atoms with Crippen molar-refractivity contribution in [3.05, 3.63) is 53.3 Å². The SMILES string of the molecule is O=C(Cc1ccccc1)N1CC[C@]2(COCc3cnc(NCC4CC4)nc32)C1. The molecule has 2 fully saturated rings. The number of anilines is 1. The number of carbonyl (C=O) groups is 1. The number of ether oxygens (including phenoxy) is 1. The zero-order valence-corrected chi connectivity index (χ0v) is 16.1. The summed E-state index contributed by atoms with van der Waals surface area (Å²) in [7, 11) is 0. The van der Waals surface area contributed by atoms with Gasteiger partial charge in [-0.2, -0.15) is 0 Å². The third-order valence-electron chi connectivity index (χ3n) is 6.15. The third-order valence-corrected chi connectivity index (χ3v) is 6.15. The summed E-state index contributed by atoms with van der Waals surface area (Å²) in [5, 5.41) is 3.39. The van der Waals surface area contributed by atoms with Crippen LogP contribution in [0.2, 0.25) is 0 Å². The molecule has 1 amide bonds. The Morgan fingerprint density at radius 1 is 1.29 bits per heavy atom. The minimum absolute atomic E-state index is 0.177. The second-order valence-corrected chi connectivity index (χ2v) is 8.39. The van der Waals surface area contributed by atoms with Gasteiger partial charge in [0.25, 0.3) is 0 Å².